The molecule has 1 rings (SSSR count). The maximum Gasteiger partial charge on any atom is 0.250 e. The summed E-state index contributed by atoms with van der Waals surface area (Å²) in [6.45, 7) is 2.69. The largest absolute Gasteiger partial charge is 0.382 e. The monoisotopic (exact) mass is 308 g/mol. The normalized spacial score (nSPS) is 13.7. The average Bonchev–Trinajstić information content (AvgIpc) is 2.76. The fourth-order valence-corrected chi connectivity index (χ4v) is 4.07. The fraction of sp³-hybridized carbons (Fsp3) is 0.636. The summed E-state index contributed by atoms with van der Waals surface area (Å²) >= 11 is 1.19. The topological polar surface area (TPSA) is 90.7 Å². The lowest BCUT2D eigenvalue weighted by Gasteiger charge is -2.14. The molecule has 1 aromatic rings. The van der Waals surface area contributed by atoms with Gasteiger partial charge in [-0.2, -0.15) is 0 Å². The van der Waals surface area contributed by atoms with E-state index in [0.717, 1.165) is 10.4 Å². The van der Waals surface area contributed by atoms with E-state index in [9.17, 15) is 8.42 Å². The summed E-state index contributed by atoms with van der Waals surface area (Å²) in [6.07, 6.45) is -0.310. The molecular formula is C11H20N2O4S2. The van der Waals surface area contributed by atoms with Gasteiger partial charge >= 0.3 is 0 Å². The molecule has 0 aromatic carbocycles. The van der Waals surface area contributed by atoms with E-state index in [4.69, 9.17) is 15.2 Å². The molecule has 0 aliphatic carbocycles. The van der Waals surface area contributed by atoms with Gasteiger partial charge in [0.1, 0.15) is 4.21 Å². The predicted molar refractivity (Wildman–Crippen MR) is 74.8 cm³/mol. The Labute approximate surface area is 118 Å². The fourth-order valence-electron chi connectivity index (χ4n) is 1.49. The highest BCUT2D eigenvalue weighted by Gasteiger charge is 2.20. The first kappa shape index (κ1) is 16.5. The maximum absolute atomic E-state index is 12.1. The number of ether oxygens (including phenoxy) is 2. The molecule has 0 amide bonds. The van der Waals surface area contributed by atoms with E-state index in [0.29, 0.717) is 13.2 Å². The lowest BCUT2D eigenvalue weighted by molar-refractivity contribution is 0.0320. The summed E-state index contributed by atoms with van der Waals surface area (Å²) < 4.78 is 37.0. The number of sulfonamides is 1. The molecule has 0 aliphatic heterocycles. The first-order chi connectivity index (χ1) is 8.94. The van der Waals surface area contributed by atoms with Crippen molar-refractivity contribution in [2.24, 2.45) is 5.73 Å². The van der Waals surface area contributed by atoms with Gasteiger partial charge in [-0.15, -0.1) is 11.3 Å². The van der Waals surface area contributed by atoms with Gasteiger partial charge in [0, 0.05) is 32.2 Å². The Balaban J connectivity index is 2.75. The summed E-state index contributed by atoms with van der Waals surface area (Å²) in [5.41, 5.74) is 6.45. The van der Waals surface area contributed by atoms with Gasteiger partial charge in [-0.05, 0) is 18.6 Å². The van der Waals surface area contributed by atoms with Crippen molar-refractivity contribution in [1.82, 2.24) is 4.72 Å². The van der Waals surface area contributed by atoms with E-state index in [1.54, 1.807) is 6.07 Å². The van der Waals surface area contributed by atoms with Crippen molar-refractivity contribution < 1.29 is 17.9 Å². The Morgan fingerprint density at radius 2 is 2.16 bits per heavy atom. The molecule has 6 nitrogen and oxygen atoms in total. The zero-order valence-corrected chi connectivity index (χ0v) is 12.9. The van der Waals surface area contributed by atoms with E-state index in [-0.39, 0.29) is 16.9 Å². The molecule has 0 fully saturated rings. The molecule has 110 valence electrons. The average molecular weight is 308 g/mol. The van der Waals surface area contributed by atoms with Crippen LogP contribution < -0.4 is 10.5 Å². The van der Waals surface area contributed by atoms with E-state index >= 15 is 0 Å². The van der Waals surface area contributed by atoms with Crippen molar-refractivity contribution in [2.75, 3.05) is 27.4 Å². The maximum atomic E-state index is 12.1. The second-order valence-corrected chi connectivity index (χ2v) is 7.17. The van der Waals surface area contributed by atoms with Gasteiger partial charge < -0.3 is 15.2 Å². The van der Waals surface area contributed by atoms with Crippen LogP contribution in [-0.4, -0.2) is 41.9 Å². The standard InChI is InChI=1S/C11H20N2O4S2/c1-8-4-11(18-10(8)5-12)19(14,15)13-6-9(17-3)7-16-2/h4,9,13H,5-7,12H2,1-3H3. The number of aryl methyl sites for hydroxylation is 1. The predicted octanol–water partition coefficient (Wildman–Crippen LogP) is 0.455. The van der Waals surface area contributed by atoms with Crippen molar-refractivity contribution in [2.45, 2.75) is 23.8 Å². The van der Waals surface area contributed by atoms with Crippen molar-refractivity contribution in [3.8, 4) is 0 Å². The summed E-state index contributed by atoms with van der Waals surface area (Å²) in [5, 5.41) is 0. The molecule has 0 saturated heterocycles. The second-order valence-electron chi connectivity index (χ2n) is 4.04. The van der Waals surface area contributed by atoms with Crippen LogP contribution in [-0.2, 0) is 26.0 Å². The van der Waals surface area contributed by atoms with Crippen LogP contribution in [0.2, 0.25) is 0 Å². The van der Waals surface area contributed by atoms with Crippen LogP contribution in [0.25, 0.3) is 0 Å². The summed E-state index contributed by atoms with van der Waals surface area (Å²) in [6, 6.07) is 1.63. The van der Waals surface area contributed by atoms with Gasteiger partial charge in [-0.25, -0.2) is 13.1 Å². The van der Waals surface area contributed by atoms with Crippen LogP contribution >= 0.6 is 11.3 Å². The zero-order chi connectivity index (χ0) is 14.5. The minimum Gasteiger partial charge on any atom is -0.382 e. The molecule has 1 heterocycles. The number of hydrogen-bond donors (Lipinski definition) is 2. The SMILES string of the molecule is COCC(CNS(=O)(=O)c1cc(C)c(CN)s1)OC. The van der Waals surface area contributed by atoms with Crippen molar-refractivity contribution in [1.29, 1.82) is 0 Å². The van der Waals surface area contributed by atoms with Crippen LogP contribution in [0.3, 0.4) is 0 Å². The molecule has 0 saturated carbocycles. The molecule has 3 N–H and O–H groups in total. The highest BCUT2D eigenvalue weighted by molar-refractivity contribution is 7.91. The smallest absolute Gasteiger partial charge is 0.250 e. The van der Waals surface area contributed by atoms with Crippen LogP contribution in [0.5, 0.6) is 0 Å². The number of nitrogens with two attached hydrogens (primary N) is 1. The van der Waals surface area contributed by atoms with Crippen molar-refractivity contribution >= 4 is 21.4 Å². The zero-order valence-electron chi connectivity index (χ0n) is 11.3. The van der Waals surface area contributed by atoms with Crippen LogP contribution in [0.4, 0.5) is 0 Å². The Bertz CT molecular complexity index is 499. The molecule has 0 bridgehead atoms. The number of rotatable bonds is 8. The molecule has 1 aromatic heterocycles. The third-order valence-electron chi connectivity index (χ3n) is 2.64. The summed E-state index contributed by atoms with van der Waals surface area (Å²) in [4.78, 5) is 0.876. The van der Waals surface area contributed by atoms with Crippen LogP contribution in [0, 0.1) is 6.92 Å². The lowest BCUT2D eigenvalue weighted by atomic mass is 10.3. The molecule has 0 spiro atoms. The molecule has 0 aliphatic rings. The number of hydrogen-bond acceptors (Lipinski definition) is 6. The van der Waals surface area contributed by atoms with Crippen molar-refractivity contribution in [3.63, 3.8) is 0 Å². The molecule has 1 atom stereocenters. The Hall–Kier alpha value is -0.510. The third-order valence-corrected chi connectivity index (χ3v) is 5.79. The van der Waals surface area contributed by atoms with Crippen molar-refractivity contribution in [3.05, 3.63) is 16.5 Å². The Kier molecular flexibility index (Phi) is 6.37. The highest BCUT2D eigenvalue weighted by atomic mass is 32.2. The number of thiophene rings is 1. The first-order valence-electron chi connectivity index (χ1n) is 5.75. The summed E-state index contributed by atoms with van der Waals surface area (Å²) in [5.74, 6) is 0. The molecule has 8 heteroatoms. The van der Waals surface area contributed by atoms with Gasteiger partial charge in [0.25, 0.3) is 0 Å². The third kappa shape index (κ3) is 4.51. The van der Waals surface area contributed by atoms with E-state index in [1.807, 2.05) is 6.92 Å². The Morgan fingerprint density at radius 3 is 2.63 bits per heavy atom. The minimum atomic E-state index is -3.52. The van der Waals surface area contributed by atoms with Crippen LogP contribution in [0.1, 0.15) is 10.4 Å². The van der Waals surface area contributed by atoms with Gasteiger partial charge in [0.2, 0.25) is 10.0 Å². The van der Waals surface area contributed by atoms with Gasteiger partial charge in [-0.1, -0.05) is 0 Å². The number of nitrogens with one attached hydrogen (secondary N) is 1. The molecular weight excluding hydrogens is 288 g/mol. The second kappa shape index (κ2) is 7.32. The molecule has 19 heavy (non-hydrogen) atoms. The van der Waals surface area contributed by atoms with E-state index in [2.05, 4.69) is 4.72 Å². The van der Waals surface area contributed by atoms with E-state index < -0.39 is 10.0 Å². The van der Waals surface area contributed by atoms with Gasteiger partial charge in [-0.3, -0.25) is 0 Å². The first-order valence-corrected chi connectivity index (χ1v) is 8.05. The molecule has 1 unspecified atom stereocenters. The van der Waals surface area contributed by atoms with Crippen LogP contribution in [0.15, 0.2) is 10.3 Å². The van der Waals surface area contributed by atoms with Gasteiger partial charge in [0.05, 0.1) is 12.7 Å². The Morgan fingerprint density at radius 1 is 1.47 bits per heavy atom. The molecule has 0 radical (unpaired) electrons. The quantitative estimate of drug-likeness (QED) is 0.728. The lowest BCUT2D eigenvalue weighted by Crippen LogP contribution is -2.35. The highest BCUT2D eigenvalue weighted by Crippen LogP contribution is 2.25. The number of methoxy groups -OCH3 is 2. The van der Waals surface area contributed by atoms with Gasteiger partial charge in [0.15, 0.2) is 0 Å². The summed E-state index contributed by atoms with van der Waals surface area (Å²) in [7, 11) is -0.466. The van der Waals surface area contributed by atoms with E-state index in [1.165, 1.54) is 25.6 Å². The minimum absolute atomic E-state index is 0.168.